The number of hydrogen-bond acceptors (Lipinski definition) is 4. The number of nitrogens with zero attached hydrogens (tertiary/aromatic N) is 1. The van der Waals surface area contributed by atoms with Crippen LogP contribution in [-0.4, -0.2) is 24.0 Å². The second-order valence-electron chi connectivity index (χ2n) is 6.08. The lowest BCUT2D eigenvalue weighted by molar-refractivity contribution is -0.129. The quantitative estimate of drug-likeness (QED) is 0.642. The minimum absolute atomic E-state index is 0.142. The summed E-state index contributed by atoms with van der Waals surface area (Å²) in [6.45, 7) is 1.82. The summed E-state index contributed by atoms with van der Waals surface area (Å²) in [5.74, 6) is -0.534. The highest BCUT2D eigenvalue weighted by atomic mass is 16.5. The van der Waals surface area contributed by atoms with E-state index in [2.05, 4.69) is 16.4 Å². The van der Waals surface area contributed by atoms with Gasteiger partial charge in [0, 0.05) is 30.7 Å². The van der Waals surface area contributed by atoms with Gasteiger partial charge in [0.25, 0.3) is 0 Å². The van der Waals surface area contributed by atoms with Crippen molar-refractivity contribution in [2.45, 2.75) is 31.9 Å². The Morgan fingerprint density at radius 3 is 2.64 bits per heavy atom. The summed E-state index contributed by atoms with van der Waals surface area (Å²) in [6.07, 6.45) is 2.25. The molecule has 1 aromatic heterocycles. The lowest BCUT2D eigenvalue weighted by atomic mass is 9.98. The number of nitrogen functional groups attached to an aromatic ring is 1. The molecule has 1 aromatic carbocycles. The number of nitrogens with two attached hydrogens (primary N) is 1. The Labute approximate surface area is 148 Å². The molecule has 6 heteroatoms. The van der Waals surface area contributed by atoms with Crippen LogP contribution in [0.2, 0.25) is 0 Å². The predicted octanol–water partition coefficient (Wildman–Crippen LogP) is 2.56. The van der Waals surface area contributed by atoms with Gasteiger partial charge in [0.15, 0.2) is 0 Å². The topological polar surface area (TPSA) is 104 Å². The van der Waals surface area contributed by atoms with Crippen LogP contribution >= 0.6 is 0 Å². The third kappa shape index (κ3) is 5.10. The third-order valence-corrected chi connectivity index (χ3v) is 4.20. The highest BCUT2D eigenvalue weighted by Gasteiger charge is 2.27. The highest BCUT2D eigenvalue weighted by molar-refractivity contribution is 5.79. The SMILES string of the molecule is CO[C@@H](c1ccc[nH]1)[C@@H](C)C(=O)N[C@H](CC#N)Cc1ccc(N)cc1. The molecule has 1 amide bonds. The molecular formula is C19H24N4O2. The van der Waals surface area contributed by atoms with Gasteiger partial charge in [-0.1, -0.05) is 19.1 Å². The fraction of sp³-hybridized carbons (Fsp3) is 0.368. The smallest absolute Gasteiger partial charge is 0.226 e. The van der Waals surface area contributed by atoms with Crippen LogP contribution in [0.5, 0.6) is 0 Å². The Hall–Kier alpha value is -2.78. The van der Waals surface area contributed by atoms with E-state index >= 15 is 0 Å². The van der Waals surface area contributed by atoms with Gasteiger partial charge in [-0.3, -0.25) is 4.79 Å². The largest absolute Gasteiger partial charge is 0.399 e. The molecule has 2 aromatic rings. The van der Waals surface area contributed by atoms with Crippen molar-refractivity contribution >= 4 is 11.6 Å². The van der Waals surface area contributed by atoms with E-state index in [1.165, 1.54) is 0 Å². The lowest BCUT2D eigenvalue weighted by Gasteiger charge is -2.24. The Morgan fingerprint density at radius 2 is 2.08 bits per heavy atom. The molecule has 0 unspecified atom stereocenters. The minimum atomic E-state index is -0.392. The van der Waals surface area contributed by atoms with Crippen LogP contribution in [0.25, 0.3) is 0 Å². The van der Waals surface area contributed by atoms with Crippen molar-refractivity contribution in [1.29, 1.82) is 5.26 Å². The summed E-state index contributed by atoms with van der Waals surface area (Å²) in [6, 6.07) is 13.1. The zero-order valence-corrected chi connectivity index (χ0v) is 14.5. The molecule has 0 saturated heterocycles. The molecule has 0 saturated carbocycles. The minimum Gasteiger partial charge on any atom is -0.399 e. The van der Waals surface area contributed by atoms with Crippen LogP contribution in [0, 0.1) is 17.2 Å². The number of nitriles is 1. The van der Waals surface area contributed by atoms with E-state index in [1.54, 1.807) is 13.3 Å². The molecule has 0 fully saturated rings. The molecule has 0 spiro atoms. The van der Waals surface area contributed by atoms with Gasteiger partial charge in [-0.05, 0) is 36.2 Å². The van der Waals surface area contributed by atoms with E-state index in [9.17, 15) is 4.79 Å². The second kappa shape index (κ2) is 8.90. The first-order valence-corrected chi connectivity index (χ1v) is 8.23. The standard InChI is InChI=1S/C19H24N4O2/c1-13(18(25-2)17-4-3-11-22-17)19(24)23-16(9-10-20)12-14-5-7-15(21)8-6-14/h3-8,11,13,16,18,22H,9,12,21H2,1-2H3,(H,23,24)/t13-,16-,18-/m1/s1. The number of rotatable bonds is 8. The van der Waals surface area contributed by atoms with Crippen molar-refractivity contribution in [2.24, 2.45) is 5.92 Å². The first kappa shape index (κ1) is 18.6. The van der Waals surface area contributed by atoms with E-state index in [0.717, 1.165) is 11.3 Å². The maximum absolute atomic E-state index is 12.6. The van der Waals surface area contributed by atoms with Gasteiger partial charge in [-0.25, -0.2) is 0 Å². The van der Waals surface area contributed by atoms with Crippen LogP contribution < -0.4 is 11.1 Å². The first-order chi connectivity index (χ1) is 12.0. The molecular weight excluding hydrogens is 316 g/mol. The summed E-state index contributed by atoms with van der Waals surface area (Å²) in [4.78, 5) is 15.7. The van der Waals surface area contributed by atoms with Crippen LogP contribution in [0.4, 0.5) is 5.69 Å². The zero-order chi connectivity index (χ0) is 18.2. The molecule has 0 aliphatic heterocycles. The van der Waals surface area contributed by atoms with E-state index in [1.807, 2.05) is 43.3 Å². The molecule has 0 bridgehead atoms. The number of H-pyrrole nitrogens is 1. The van der Waals surface area contributed by atoms with Gasteiger partial charge >= 0.3 is 0 Å². The second-order valence-corrected chi connectivity index (χ2v) is 6.08. The van der Waals surface area contributed by atoms with Gasteiger partial charge in [0.2, 0.25) is 5.91 Å². The van der Waals surface area contributed by atoms with Crippen LogP contribution in [-0.2, 0) is 16.0 Å². The lowest BCUT2D eigenvalue weighted by Crippen LogP contribution is -2.41. The predicted molar refractivity (Wildman–Crippen MR) is 96.4 cm³/mol. The molecule has 0 aliphatic carbocycles. The summed E-state index contributed by atoms with van der Waals surface area (Å²) >= 11 is 0. The number of aromatic nitrogens is 1. The number of amides is 1. The normalized spacial score (nSPS) is 14.3. The summed E-state index contributed by atoms with van der Waals surface area (Å²) in [5.41, 5.74) is 8.25. The van der Waals surface area contributed by atoms with Crippen molar-refractivity contribution in [3.05, 3.63) is 53.9 Å². The fourth-order valence-corrected chi connectivity index (χ4v) is 2.81. The number of methoxy groups -OCH3 is 1. The monoisotopic (exact) mass is 340 g/mol. The number of nitrogens with one attached hydrogen (secondary N) is 2. The van der Waals surface area contributed by atoms with Gasteiger partial charge in [-0.15, -0.1) is 0 Å². The molecule has 0 radical (unpaired) electrons. The Morgan fingerprint density at radius 1 is 1.36 bits per heavy atom. The van der Waals surface area contributed by atoms with Gasteiger partial charge in [0.1, 0.15) is 6.10 Å². The summed E-state index contributed by atoms with van der Waals surface area (Å²) < 4.78 is 5.48. The van der Waals surface area contributed by atoms with E-state index in [-0.39, 0.29) is 24.5 Å². The van der Waals surface area contributed by atoms with Crippen LogP contribution in [0.3, 0.4) is 0 Å². The number of aromatic amines is 1. The molecule has 25 heavy (non-hydrogen) atoms. The maximum Gasteiger partial charge on any atom is 0.226 e. The van der Waals surface area contributed by atoms with Crippen LogP contribution in [0.15, 0.2) is 42.6 Å². The van der Waals surface area contributed by atoms with E-state index < -0.39 is 5.92 Å². The zero-order valence-electron chi connectivity index (χ0n) is 14.5. The van der Waals surface area contributed by atoms with Crippen molar-refractivity contribution in [3.8, 4) is 6.07 Å². The molecule has 1 heterocycles. The van der Waals surface area contributed by atoms with Crippen molar-refractivity contribution < 1.29 is 9.53 Å². The molecule has 4 N–H and O–H groups in total. The van der Waals surface area contributed by atoms with Crippen molar-refractivity contribution in [3.63, 3.8) is 0 Å². The number of benzene rings is 1. The summed E-state index contributed by atoms with van der Waals surface area (Å²) in [5, 5.41) is 12.0. The van der Waals surface area contributed by atoms with E-state index in [4.69, 9.17) is 15.7 Å². The average Bonchev–Trinajstić information content (AvgIpc) is 3.12. The number of anilines is 1. The summed E-state index contributed by atoms with van der Waals surface area (Å²) in [7, 11) is 1.58. The third-order valence-electron chi connectivity index (χ3n) is 4.20. The van der Waals surface area contributed by atoms with E-state index in [0.29, 0.717) is 12.1 Å². The first-order valence-electron chi connectivity index (χ1n) is 8.23. The maximum atomic E-state index is 12.6. The van der Waals surface area contributed by atoms with Crippen LogP contribution in [0.1, 0.15) is 30.7 Å². The fourth-order valence-electron chi connectivity index (χ4n) is 2.81. The Kier molecular flexibility index (Phi) is 6.61. The molecule has 0 aliphatic rings. The number of carbonyl (C=O) groups excluding carboxylic acids is 1. The molecule has 132 valence electrons. The van der Waals surface area contributed by atoms with Gasteiger partial charge in [0.05, 0.1) is 18.4 Å². The molecule has 3 atom stereocenters. The average molecular weight is 340 g/mol. The Balaban J connectivity index is 2.03. The van der Waals surface area contributed by atoms with Crippen molar-refractivity contribution in [2.75, 3.05) is 12.8 Å². The Bertz CT molecular complexity index is 704. The molecule has 6 nitrogen and oxygen atoms in total. The van der Waals surface area contributed by atoms with Gasteiger partial charge < -0.3 is 20.8 Å². The number of ether oxygens (including phenoxy) is 1. The van der Waals surface area contributed by atoms with Crippen molar-refractivity contribution in [1.82, 2.24) is 10.3 Å². The number of carbonyl (C=O) groups is 1. The highest BCUT2D eigenvalue weighted by Crippen LogP contribution is 2.24. The number of hydrogen-bond donors (Lipinski definition) is 3. The molecule has 2 rings (SSSR count). The van der Waals surface area contributed by atoms with Gasteiger partial charge in [-0.2, -0.15) is 5.26 Å².